The number of rotatable bonds is 6. The van der Waals surface area contributed by atoms with Crippen molar-refractivity contribution in [3.05, 3.63) is 113 Å². The van der Waals surface area contributed by atoms with Crippen LogP contribution in [0.4, 0.5) is 5.69 Å². The third-order valence-electron chi connectivity index (χ3n) is 5.24. The number of amides is 1. The topological polar surface area (TPSA) is 82.5 Å². The van der Waals surface area contributed by atoms with Gasteiger partial charge in [-0.1, -0.05) is 78.9 Å². The second kappa shape index (κ2) is 9.59. The van der Waals surface area contributed by atoms with Gasteiger partial charge in [-0.15, -0.1) is 0 Å². The largest absolute Gasteiger partial charge is 0.365 e. The standard InChI is InChI=1S/C27H22N4O/c28-19-23(27(29)32)17-21-12-15-25(16-13-21)31-26(22-9-5-2-6-10-22)18-24(30-31)14-11-20-7-3-1-4-8-20/h1-17,26H,18H2,(H2,29,32)/b14-11+,23-17-/t26-/m0/s1. The average Bonchev–Trinajstić information content (AvgIpc) is 3.27. The van der Waals surface area contributed by atoms with Crippen molar-refractivity contribution in [2.45, 2.75) is 12.5 Å². The predicted octanol–water partition coefficient (Wildman–Crippen LogP) is 5.10. The molecule has 1 atom stereocenters. The zero-order chi connectivity index (χ0) is 22.3. The Morgan fingerprint density at radius 1 is 0.938 bits per heavy atom. The summed E-state index contributed by atoms with van der Waals surface area (Å²) < 4.78 is 0. The van der Waals surface area contributed by atoms with Gasteiger partial charge in [0.15, 0.2) is 0 Å². The number of nitrogens with two attached hydrogens (primary N) is 1. The highest BCUT2D eigenvalue weighted by Crippen LogP contribution is 2.35. The first kappa shape index (κ1) is 20.8. The first-order valence-corrected chi connectivity index (χ1v) is 10.3. The van der Waals surface area contributed by atoms with E-state index in [1.54, 1.807) is 0 Å². The molecule has 0 spiro atoms. The van der Waals surface area contributed by atoms with Crippen LogP contribution in [0.5, 0.6) is 0 Å². The molecule has 0 saturated carbocycles. The monoisotopic (exact) mass is 418 g/mol. The number of carbonyl (C=O) groups excluding carboxylic acids is 1. The number of carbonyl (C=O) groups is 1. The summed E-state index contributed by atoms with van der Waals surface area (Å²) in [5.41, 5.74) is 10.1. The molecule has 1 amide bonds. The van der Waals surface area contributed by atoms with Crippen LogP contribution in [0.25, 0.3) is 12.2 Å². The summed E-state index contributed by atoms with van der Waals surface area (Å²) in [5.74, 6) is -0.736. The molecule has 5 nitrogen and oxygen atoms in total. The third kappa shape index (κ3) is 4.82. The lowest BCUT2D eigenvalue weighted by molar-refractivity contribution is -0.114. The Labute approximate surface area is 187 Å². The number of nitrogens with zero attached hydrogens (tertiary/aromatic N) is 3. The lowest BCUT2D eigenvalue weighted by Crippen LogP contribution is -2.18. The normalized spacial score (nSPS) is 16.1. The molecule has 0 aliphatic carbocycles. The van der Waals surface area contributed by atoms with Crippen molar-refractivity contribution < 1.29 is 4.79 Å². The maximum atomic E-state index is 11.3. The summed E-state index contributed by atoms with van der Waals surface area (Å²) in [6.45, 7) is 0. The molecule has 1 heterocycles. The lowest BCUT2D eigenvalue weighted by atomic mass is 10.0. The van der Waals surface area contributed by atoms with Crippen LogP contribution in [-0.2, 0) is 4.79 Å². The summed E-state index contributed by atoms with van der Waals surface area (Å²) in [7, 11) is 0. The van der Waals surface area contributed by atoms with Crippen LogP contribution in [0.15, 0.2) is 102 Å². The maximum Gasteiger partial charge on any atom is 0.259 e. The number of anilines is 1. The Morgan fingerprint density at radius 2 is 1.59 bits per heavy atom. The van der Waals surface area contributed by atoms with Gasteiger partial charge in [0.25, 0.3) is 5.91 Å². The number of hydrogen-bond acceptors (Lipinski definition) is 4. The Morgan fingerprint density at radius 3 is 2.22 bits per heavy atom. The molecule has 0 radical (unpaired) electrons. The van der Waals surface area contributed by atoms with E-state index >= 15 is 0 Å². The molecule has 4 rings (SSSR count). The van der Waals surface area contributed by atoms with E-state index in [1.165, 1.54) is 11.6 Å². The van der Waals surface area contributed by atoms with Gasteiger partial charge in [-0.3, -0.25) is 9.80 Å². The Bertz CT molecular complexity index is 1220. The minimum Gasteiger partial charge on any atom is -0.365 e. The van der Waals surface area contributed by atoms with Crippen LogP contribution in [0.1, 0.15) is 29.2 Å². The first-order valence-electron chi connectivity index (χ1n) is 10.3. The smallest absolute Gasteiger partial charge is 0.259 e. The molecule has 32 heavy (non-hydrogen) atoms. The quantitative estimate of drug-likeness (QED) is 0.447. The second-order valence-electron chi connectivity index (χ2n) is 7.44. The Kier molecular flexibility index (Phi) is 6.24. The summed E-state index contributed by atoms with van der Waals surface area (Å²) in [5, 5.41) is 16.0. The lowest BCUT2D eigenvalue weighted by Gasteiger charge is -2.24. The van der Waals surface area contributed by atoms with E-state index < -0.39 is 5.91 Å². The van der Waals surface area contributed by atoms with Crippen LogP contribution in [0, 0.1) is 11.3 Å². The van der Waals surface area contributed by atoms with Crippen molar-refractivity contribution in [3.63, 3.8) is 0 Å². The molecule has 0 saturated heterocycles. The number of allylic oxidation sites excluding steroid dienone is 1. The fourth-order valence-electron chi connectivity index (χ4n) is 3.61. The zero-order valence-electron chi connectivity index (χ0n) is 17.4. The molecule has 3 aromatic rings. The van der Waals surface area contributed by atoms with Crippen molar-refractivity contribution in [3.8, 4) is 6.07 Å². The molecule has 0 aromatic heterocycles. The highest BCUT2D eigenvalue weighted by atomic mass is 16.1. The van der Waals surface area contributed by atoms with Gasteiger partial charge in [0.05, 0.1) is 17.4 Å². The number of primary amides is 1. The van der Waals surface area contributed by atoms with Crippen molar-refractivity contribution in [2.24, 2.45) is 10.8 Å². The second-order valence-corrected chi connectivity index (χ2v) is 7.44. The van der Waals surface area contributed by atoms with Crippen molar-refractivity contribution in [2.75, 3.05) is 5.01 Å². The molecule has 3 aromatic carbocycles. The van der Waals surface area contributed by atoms with Crippen LogP contribution in [0.3, 0.4) is 0 Å². The molecule has 0 unspecified atom stereocenters. The summed E-state index contributed by atoms with van der Waals surface area (Å²) in [6, 6.07) is 29.9. The van der Waals surface area contributed by atoms with E-state index in [1.807, 2.05) is 71.7 Å². The van der Waals surface area contributed by atoms with Gasteiger partial charge in [-0.2, -0.15) is 10.4 Å². The number of hydrogen-bond donors (Lipinski definition) is 1. The van der Waals surface area contributed by atoms with Gasteiger partial charge in [-0.25, -0.2) is 0 Å². The molecule has 5 heteroatoms. The van der Waals surface area contributed by atoms with Crippen molar-refractivity contribution in [1.29, 1.82) is 5.26 Å². The van der Waals surface area contributed by atoms with E-state index in [4.69, 9.17) is 16.1 Å². The SMILES string of the molecule is N#C/C(=C/c1ccc(N2N=C(/C=C/c3ccccc3)C[C@H]2c2ccccc2)cc1)C(N)=O. The molecule has 156 valence electrons. The molecule has 0 bridgehead atoms. The van der Waals surface area contributed by atoms with E-state index in [9.17, 15) is 4.79 Å². The Balaban J connectivity index is 1.63. The highest BCUT2D eigenvalue weighted by molar-refractivity contribution is 6.01. The molecular weight excluding hydrogens is 396 g/mol. The van der Waals surface area contributed by atoms with Gasteiger partial charge >= 0.3 is 0 Å². The third-order valence-corrected chi connectivity index (χ3v) is 5.24. The molecule has 0 fully saturated rings. The van der Waals surface area contributed by atoms with Crippen molar-refractivity contribution >= 4 is 29.5 Å². The van der Waals surface area contributed by atoms with E-state index in [0.717, 1.165) is 28.9 Å². The Hall–Kier alpha value is -4.43. The van der Waals surface area contributed by atoms with Gasteiger partial charge < -0.3 is 5.73 Å². The predicted molar refractivity (Wildman–Crippen MR) is 128 cm³/mol. The van der Waals surface area contributed by atoms with Crippen LogP contribution < -0.4 is 10.7 Å². The van der Waals surface area contributed by atoms with Crippen LogP contribution in [-0.4, -0.2) is 11.6 Å². The zero-order valence-corrected chi connectivity index (χ0v) is 17.4. The van der Waals surface area contributed by atoms with Crippen molar-refractivity contribution in [1.82, 2.24) is 0 Å². The van der Waals surface area contributed by atoms with E-state index in [2.05, 4.69) is 36.4 Å². The van der Waals surface area contributed by atoms with Gasteiger partial charge in [0, 0.05) is 6.42 Å². The first-order chi connectivity index (χ1) is 15.6. The molecule has 1 aliphatic rings. The summed E-state index contributed by atoms with van der Waals surface area (Å²) in [4.78, 5) is 11.3. The number of hydrazone groups is 1. The maximum absolute atomic E-state index is 11.3. The number of benzene rings is 3. The van der Waals surface area contributed by atoms with Crippen LogP contribution >= 0.6 is 0 Å². The molecule has 1 aliphatic heterocycles. The molecular formula is C27H22N4O. The fourth-order valence-corrected chi connectivity index (χ4v) is 3.61. The number of nitriles is 1. The van der Waals surface area contributed by atoms with Gasteiger partial charge in [0.2, 0.25) is 0 Å². The summed E-state index contributed by atoms with van der Waals surface area (Å²) >= 11 is 0. The minimum absolute atomic E-state index is 0.0764. The average molecular weight is 419 g/mol. The molecule has 2 N–H and O–H groups in total. The van der Waals surface area contributed by atoms with Gasteiger partial charge in [-0.05, 0) is 41.0 Å². The fraction of sp³-hybridized carbons (Fsp3) is 0.0741. The van der Waals surface area contributed by atoms with E-state index in [0.29, 0.717) is 0 Å². The van der Waals surface area contributed by atoms with E-state index in [-0.39, 0.29) is 11.6 Å². The highest BCUT2D eigenvalue weighted by Gasteiger charge is 2.28. The van der Waals surface area contributed by atoms with Gasteiger partial charge in [0.1, 0.15) is 11.6 Å². The summed E-state index contributed by atoms with van der Waals surface area (Å²) in [6.07, 6.45) is 6.41. The minimum atomic E-state index is -0.736. The van der Waals surface area contributed by atoms with Crippen LogP contribution in [0.2, 0.25) is 0 Å².